The highest BCUT2D eigenvalue weighted by Gasteiger charge is 2.26. The van der Waals surface area contributed by atoms with Gasteiger partial charge in [-0.15, -0.1) is 0 Å². The lowest BCUT2D eigenvalue weighted by Crippen LogP contribution is -2.47. The Hall–Kier alpha value is -1.59. The van der Waals surface area contributed by atoms with E-state index in [1.54, 1.807) is 0 Å². The van der Waals surface area contributed by atoms with Crippen LogP contribution in [0.5, 0.6) is 0 Å². The van der Waals surface area contributed by atoms with E-state index in [0.29, 0.717) is 18.6 Å². The Kier molecular flexibility index (Phi) is 7.96. The van der Waals surface area contributed by atoms with Crippen LogP contribution >= 0.6 is 0 Å². The molecule has 2 fully saturated rings. The number of rotatable bonds is 8. The van der Waals surface area contributed by atoms with E-state index in [-0.39, 0.29) is 0 Å². The fourth-order valence-electron chi connectivity index (χ4n) is 4.26. The first-order chi connectivity index (χ1) is 13.3. The number of ether oxygens (including phenoxy) is 1. The Morgan fingerprint density at radius 1 is 1.22 bits per heavy atom. The van der Waals surface area contributed by atoms with Gasteiger partial charge in [-0.25, -0.2) is 0 Å². The third-order valence-corrected chi connectivity index (χ3v) is 5.89. The zero-order valence-corrected chi connectivity index (χ0v) is 17.1. The van der Waals surface area contributed by atoms with Crippen molar-refractivity contribution in [3.63, 3.8) is 0 Å². The quantitative estimate of drug-likeness (QED) is 0.563. The van der Waals surface area contributed by atoms with Gasteiger partial charge in [0.25, 0.3) is 0 Å². The highest BCUT2D eigenvalue weighted by molar-refractivity contribution is 5.80. The van der Waals surface area contributed by atoms with Crippen LogP contribution in [0, 0.1) is 5.92 Å². The summed E-state index contributed by atoms with van der Waals surface area (Å²) in [6.45, 7) is 9.44. The molecule has 0 aliphatic carbocycles. The van der Waals surface area contributed by atoms with E-state index in [1.807, 2.05) is 13.1 Å². The molecular formula is C22H36N4O. The molecule has 27 heavy (non-hydrogen) atoms. The van der Waals surface area contributed by atoms with Crippen LogP contribution in [-0.2, 0) is 11.3 Å². The number of guanidine groups is 1. The van der Waals surface area contributed by atoms with E-state index in [2.05, 4.69) is 51.3 Å². The molecule has 5 nitrogen and oxygen atoms in total. The second kappa shape index (κ2) is 10.7. The smallest absolute Gasteiger partial charge is 0.193 e. The normalized spacial score (nSPS) is 22.4. The molecule has 0 aromatic heterocycles. The molecule has 1 N–H and O–H groups in total. The van der Waals surface area contributed by atoms with Crippen molar-refractivity contribution < 1.29 is 4.74 Å². The van der Waals surface area contributed by atoms with Crippen LogP contribution < -0.4 is 5.32 Å². The minimum absolute atomic E-state index is 0.591. The molecule has 0 radical (unpaired) electrons. The maximum absolute atomic E-state index is 5.95. The maximum atomic E-state index is 5.95. The van der Waals surface area contributed by atoms with Gasteiger partial charge in [-0.05, 0) is 44.3 Å². The lowest BCUT2D eigenvalue weighted by atomic mass is 10.1. The van der Waals surface area contributed by atoms with E-state index < -0.39 is 0 Å². The molecule has 3 rings (SSSR count). The largest absolute Gasteiger partial charge is 0.376 e. The predicted molar refractivity (Wildman–Crippen MR) is 112 cm³/mol. The Morgan fingerprint density at radius 3 is 2.70 bits per heavy atom. The van der Waals surface area contributed by atoms with Gasteiger partial charge in [0.15, 0.2) is 5.96 Å². The average molecular weight is 373 g/mol. The van der Waals surface area contributed by atoms with Gasteiger partial charge in [0.2, 0.25) is 0 Å². The molecule has 2 saturated heterocycles. The van der Waals surface area contributed by atoms with Crippen LogP contribution in [0.1, 0.15) is 38.2 Å². The monoisotopic (exact) mass is 372 g/mol. The number of nitrogens with one attached hydrogen (secondary N) is 1. The van der Waals surface area contributed by atoms with Crippen LogP contribution in [0.25, 0.3) is 0 Å². The molecule has 2 heterocycles. The van der Waals surface area contributed by atoms with E-state index in [1.165, 1.54) is 44.3 Å². The van der Waals surface area contributed by atoms with Gasteiger partial charge < -0.3 is 15.0 Å². The summed E-state index contributed by atoms with van der Waals surface area (Å²) in [6.07, 6.45) is 5.07. The van der Waals surface area contributed by atoms with E-state index in [4.69, 9.17) is 4.74 Å². The van der Waals surface area contributed by atoms with Crippen molar-refractivity contribution >= 4 is 5.96 Å². The molecule has 5 heteroatoms. The molecule has 2 unspecified atom stereocenters. The second-order valence-electron chi connectivity index (χ2n) is 7.83. The van der Waals surface area contributed by atoms with Crippen molar-refractivity contribution in [2.24, 2.45) is 10.9 Å². The summed E-state index contributed by atoms with van der Waals surface area (Å²) >= 11 is 0. The number of nitrogens with zero attached hydrogens (tertiary/aromatic N) is 3. The summed E-state index contributed by atoms with van der Waals surface area (Å²) in [5.74, 6) is 1.64. The van der Waals surface area contributed by atoms with Crippen LogP contribution in [0.4, 0.5) is 0 Å². The molecule has 0 saturated carbocycles. The first kappa shape index (κ1) is 20.2. The standard InChI is InChI=1S/C22H36N4O/c1-3-21(25-12-7-8-13-25)15-24-22(23-2)26-14-11-20(16-26)18-27-17-19-9-5-4-6-10-19/h4-6,9-10,20-21H,3,7-8,11-18H2,1-2H3,(H,23,24). The SMILES string of the molecule is CCC(CNC(=NC)N1CCC(COCc2ccccc2)C1)N1CCCC1. The molecule has 2 aliphatic rings. The van der Waals surface area contributed by atoms with Gasteiger partial charge in [0.1, 0.15) is 0 Å². The molecule has 2 atom stereocenters. The van der Waals surface area contributed by atoms with Crippen molar-refractivity contribution in [1.29, 1.82) is 0 Å². The first-order valence-corrected chi connectivity index (χ1v) is 10.6. The lowest BCUT2D eigenvalue weighted by Gasteiger charge is -2.29. The lowest BCUT2D eigenvalue weighted by molar-refractivity contribution is 0.0906. The molecule has 1 aromatic carbocycles. The highest BCUT2D eigenvalue weighted by atomic mass is 16.5. The summed E-state index contributed by atoms with van der Waals surface area (Å²) in [7, 11) is 1.90. The molecular weight excluding hydrogens is 336 g/mol. The van der Waals surface area contributed by atoms with Crippen LogP contribution in [0.3, 0.4) is 0 Å². The van der Waals surface area contributed by atoms with Crippen LogP contribution in [0.2, 0.25) is 0 Å². The molecule has 0 spiro atoms. The number of hydrogen-bond acceptors (Lipinski definition) is 3. The van der Waals surface area contributed by atoms with Crippen molar-refractivity contribution in [2.75, 3.05) is 46.4 Å². The summed E-state index contributed by atoms with van der Waals surface area (Å²) in [5, 5.41) is 3.64. The third-order valence-electron chi connectivity index (χ3n) is 5.89. The zero-order valence-electron chi connectivity index (χ0n) is 17.1. The van der Waals surface area contributed by atoms with Crippen molar-refractivity contribution in [1.82, 2.24) is 15.1 Å². The number of benzene rings is 1. The van der Waals surface area contributed by atoms with Gasteiger partial charge in [-0.1, -0.05) is 37.3 Å². The Balaban J connectivity index is 1.39. The predicted octanol–water partition coefficient (Wildman–Crippen LogP) is 2.97. The van der Waals surface area contributed by atoms with Gasteiger partial charge >= 0.3 is 0 Å². The molecule has 0 bridgehead atoms. The fraction of sp³-hybridized carbons (Fsp3) is 0.682. The van der Waals surface area contributed by atoms with Crippen molar-refractivity contribution in [2.45, 2.75) is 45.3 Å². The van der Waals surface area contributed by atoms with E-state index in [9.17, 15) is 0 Å². The topological polar surface area (TPSA) is 40.1 Å². The molecule has 150 valence electrons. The molecule has 1 aromatic rings. The van der Waals surface area contributed by atoms with Crippen molar-refractivity contribution in [3.05, 3.63) is 35.9 Å². The third kappa shape index (κ3) is 5.94. The van der Waals surface area contributed by atoms with Crippen molar-refractivity contribution in [3.8, 4) is 0 Å². The van der Waals surface area contributed by atoms with Gasteiger partial charge in [0.05, 0.1) is 13.2 Å². The Morgan fingerprint density at radius 2 is 2.00 bits per heavy atom. The minimum Gasteiger partial charge on any atom is -0.376 e. The second-order valence-corrected chi connectivity index (χ2v) is 7.83. The number of likely N-dealkylation sites (tertiary alicyclic amines) is 2. The molecule has 0 amide bonds. The Labute approximate surface area is 164 Å². The highest BCUT2D eigenvalue weighted by Crippen LogP contribution is 2.18. The zero-order chi connectivity index (χ0) is 18.9. The average Bonchev–Trinajstić information content (AvgIpc) is 3.39. The van der Waals surface area contributed by atoms with Crippen LogP contribution in [-0.4, -0.2) is 68.2 Å². The fourth-order valence-corrected chi connectivity index (χ4v) is 4.26. The number of hydrogen-bond donors (Lipinski definition) is 1. The minimum atomic E-state index is 0.591. The maximum Gasteiger partial charge on any atom is 0.193 e. The van der Waals surface area contributed by atoms with Gasteiger partial charge in [-0.2, -0.15) is 0 Å². The summed E-state index contributed by atoms with van der Waals surface area (Å²) in [4.78, 5) is 9.56. The van der Waals surface area contributed by atoms with Gasteiger partial charge in [0, 0.05) is 38.6 Å². The van der Waals surface area contributed by atoms with Gasteiger partial charge in [-0.3, -0.25) is 9.89 Å². The first-order valence-electron chi connectivity index (χ1n) is 10.6. The van der Waals surface area contributed by atoms with E-state index >= 15 is 0 Å². The summed E-state index contributed by atoms with van der Waals surface area (Å²) < 4.78 is 5.95. The number of aliphatic imine (C=N–C) groups is 1. The summed E-state index contributed by atoms with van der Waals surface area (Å²) in [5.41, 5.74) is 1.25. The van der Waals surface area contributed by atoms with Crippen LogP contribution in [0.15, 0.2) is 35.3 Å². The summed E-state index contributed by atoms with van der Waals surface area (Å²) in [6, 6.07) is 11.0. The molecule has 2 aliphatic heterocycles. The van der Waals surface area contributed by atoms with E-state index in [0.717, 1.165) is 32.2 Å². The Bertz CT molecular complexity index is 571.